The zero-order chi connectivity index (χ0) is 9.26. The quantitative estimate of drug-likeness (QED) is 0.697. The molecule has 0 spiro atoms. The van der Waals surface area contributed by atoms with Crippen molar-refractivity contribution in [2.75, 3.05) is 0 Å². The monoisotopic (exact) mass is 173 g/mol. The Morgan fingerprint density at radius 3 is 3.15 bits per heavy atom. The summed E-state index contributed by atoms with van der Waals surface area (Å²) >= 11 is 0. The maximum absolute atomic E-state index is 10.8. The van der Waals surface area contributed by atoms with E-state index in [1.54, 1.807) is 6.92 Å². The van der Waals surface area contributed by atoms with Crippen molar-refractivity contribution >= 4 is 16.8 Å². The predicted octanol–water partition coefficient (Wildman–Crippen LogP) is 2.36. The molecule has 2 rings (SSSR count). The second-order valence-electron chi connectivity index (χ2n) is 3.09. The van der Waals surface area contributed by atoms with E-state index in [9.17, 15) is 4.79 Å². The van der Waals surface area contributed by atoms with Gasteiger partial charge in [-0.3, -0.25) is 4.79 Å². The second-order valence-corrected chi connectivity index (χ2v) is 3.09. The molecule has 65 valence electrons. The van der Waals surface area contributed by atoms with Crippen LogP contribution in [0.1, 0.15) is 12.5 Å². The minimum atomic E-state index is 0.162. The van der Waals surface area contributed by atoms with Gasteiger partial charge in [0.15, 0.2) is 0 Å². The van der Waals surface area contributed by atoms with E-state index in [0.29, 0.717) is 6.42 Å². The standard InChI is InChI=1S/C11H9O2/c1-8(12)6-9-2-3-10-4-5-13-11(10)7-9/h2-3,5,7H,6H2,1H3. The highest BCUT2D eigenvalue weighted by Gasteiger charge is 2.01. The summed E-state index contributed by atoms with van der Waals surface area (Å²) in [6.45, 7) is 1.58. The van der Waals surface area contributed by atoms with E-state index in [2.05, 4.69) is 6.07 Å². The predicted molar refractivity (Wildman–Crippen MR) is 49.4 cm³/mol. The molecule has 0 atom stereocenters. The maximum Gasteiger partial charge on any atom is 0.134 e. The van der Waals surface area contributed by atoms with E-state index in [4.69, 9.17) is 4.42 Å². The number of furan rings is 1. The SMILES string of the molecule is CC(=O)Cc1ccc2[c]coc2c1. The van der Waals surface area contributed by atoms with Crippen LogP contribution in [0.4, 0.5) is 0 Å². The molecule has 0 amide bonds. The molecule has 0 fully saturated rings. The summed E-state index contributed by atoms with van der Waals surface area (Å²) in [6, 6.07) is 8.67. The number of Topliss-reactive ketones (excluding diaryl/α,β-unsaturated/α-hetero) is 1. The van der Waals surface area contributed by atoms with Crippen molar-refractivity contribution in [1.29, 1.82) is 0 Å². The first kappa shape index (κ1) is 8.05. The molecule has 13 heavy (non-hydrogen) atoms. The molecule has 0 aliphatic carbocycles. The van der Waals surface area contributed by atoms with Crippen molar-refractivity contribution in [1.82, 2.24) is 0 Å². The Morgan fingerprint density at radius 2 is 2.38 bits per heavy atom. The molecule has 2 nitrogen and oxygen atoms in total. The first-order chi connectivity index (χ1) is 6.25. The van der Waals surface area contributed by atoms with Crippen molar-refractivity contribution in [3.8, 4) is 0 Å². The van der Waals surface area contributed by atoms with Crippen LogP contribution in [0.3, 0.4) is 0 Å². The van der Waals surface area contributed by atoms with Crippen LogP contribution in [-0.4, -0.2) is 5.78 Å². The van der Waals surface area contributed by atoms with Gasteiger partial charge < -0.3 is 4.42 Å². The van der Waals surface area contributed by atoms with Gasteiger partial charge in [-0.2, -0.15) is 0 Å². The van der Waals surface area contributed by atoms with Gasteiger partial charge in [-0.25, -0.2) is 0 Å². The average Bonchev–Trinajstić information content (AvgIpc) is 2.49. The summed E-state index contributed by atoms with van der Waals surface area (Å²) in [7, 11) is 0. The molecule has 0 aliphatic rings. The minimum Gasteiger partial charge on any atom is -0.464 e. The average molecular weight is 173 g/mol. The second kappa shape index (κ2) is 3.05. The van der Waals surface area contributed by atoms with Crippen LogP contribution >= 0.6 is 0 Å². The molecule has 1 radical (unpaired) electrons. The third-order valence-electron chi connectivity index (χ3n) is 1.90. The van der Waals surface area contributed by atoms with Gasteiger partial charge >= 0.3 is 0 Å². The van der Waals surface area contributed by atoms with Gasteiger partial charge in [-0.1, -0.05) is 12.1 Å². The van der Waals surface area contributed by atoms with Gasteiger partial charge in [0.25, 0.3) is 0 Å². The topological polar surface area (TPSA) is 30.2 Å². The molecule has 0 unspecified atom stereocenters. The molecule has 0 saturated carbocycles. The summed E-state index contributed by atoms with van der Waals surface area (Å²) in [5.41, 5.74) is 1.78. The fourth-order valence-electron chi connectivity index (χ4n) is 1.34. The molecule has 1 heterocycles. The Bertz CT molecular complexity index is 440. The molecule has 0 bridgehead atoms. The van der Waals surface area contributed by atoms with Gasteiger partial charge in [0, 0.05) is 17.9 Å². The van der Waals surface area contributed by atoms with Gasteiger partial charge in [0.05, 0.1) is 6.26 Å². The number of hydrogen-bond donors (Lipinski definition) is 0. The van der Waals surface area contributed by atoms with Gasteiger partial charge in [-0.05, 0) is 18.6 Å². The highest BCUT2D eigenvalue weighted by atomic mass is 16.3. The zero-order valence-corrected chi connectivity index (χ0v) is 7.33. The van der Waals surface area contributed by atoms with Crippen LogP contribution in [0.5, 0.6) is 0 Å². The lowest BCUT2D eigenvalue weighted by Crippen LogP contribution is -1.95. The molecule has 2 aromatic rings. The van der Waals surface area contributed by atoms with E-state index < -0.39 is 0 Å². The smallest absolute Gasteiger partial charge is 0.134 e. The zero-order valence-electron chi connectivity index (χ0n) is 7.33. The number of carbonyl (C=O) groups is 1. The van der Waals surface area contributed by atoms with E-state index in [-0.39, 0.29) is 5.78 Å². The number of benzene rings is 1. The molecular weight excluding hydrogens is 164 g/mol. The number of fused-ring (bicyclic) bond motifs is 1. The van der Waals surface area contributed by atoms with Crippen molar-refractivity contribution in [3.05, 3.63) is 36.1 Å². The normalized spacial score (nSPS) is 10.5. The van der Waals surface area contributed by atoms with E-state index in [1.165, 1.54) is 6.26 Å². The van der Waals surface area contributed by atoms with Crippen molar-refractivity contribution in [2.45, 2.75) is 13.3 Å². The largest absolute Gasteiger partial charge is 0.464 e. The van der Waals surface area contributed by atoms with Crippen LogP contribution in [0.15, 0.2) is 28.9 Å². The minimum absolute atomic E-state index is 0.162. The Morgan fingerprint density at radius 1 is 1.54 bits per heavy atom. The van der Waals surface area contributed by atoms with Crippen molar-refractivity contribution in [3.63, 3.8) is 0 Å². The van der Waals surface area contributed by atoms with Gasteiger partial charge in [-0.15, -0.1) is 0 Å². The number of ketones is 1. The highest BCUT2D eigenvalue weighted by Crippen LogP contribution is 2.16. The van der Waals surface area contributed by atoms with Crippen LogP contribution in [-0.2, 0) is 11.2 Å². The summed E-state index contributed by atoms with van der Waals surface area (Å²) < 4.78 is 5.17. The molecule has 0 N–H and O–H groups in total. The Kier molecular flexibility index (Phi) is 1.89. The number of carbonyl (C=O) groups excluding carboxylic acids is 1. The van der Waals surface area contributed by atoms with Crippen molar-refractivity contribution in [2.24, 2.45) is 0 Å². The molecule has 1 aromatic carbocycles. The third kappa shape index (κ3) is 1.61. The van der Waals surface area contributed by atoms with Gasteiger partial charge in [0.2, 0.25) is 0 Å². The fourth-order valence-corrected chi connectivity index (χ4v) is 1.34. The van der Waals surface area contributed by atoms with E-state index >= 15 is 0 Å². The first-order valence-corrected chi connectivity index (χ1v) is 4.13. The van der Waals surface area contributed by atoms with Crippen LogP contribution < -0.4 is 0 Å². The number of rotatable bonds is 2. The summed E-state index contributed by atoms with van der Waals surface area (Å²) in [5, 5.41) is 0.951. The highest BCUT2D eigenvalue weighted by molar-refractivity contribution is 5.81. The lowest BCUT2D eigenvalue weighted by molar-refractivity contribution is -0.116. The Balaban J connectivity index is 2.42. The first-order valence-electron chi connectivity index (χ1n) is 4.13. The summed E-state index contributed by atoms with van der Waals surface area (Å²) in [6.07, 6.45) is 2.00. The lowest BCUT2D eigenvalue weighted by Gasteiger charge is -1.96. The van der Waals surface area contributed by atoms with E-state index in [1.807, 2.05) is 18.2 Å². The lowest BCUT2D eigenvalue weighted by atomic mass is 10.1. The summed E-state index contributed by atoms with van der Waals surface area (Å²) in [5.74, 6) is 0.162. The summed E-state index contributed by atoms with van der Waals surface area (Å²) in [4.78, 5) is 10.8. The van der Waals surface area contributed by atoms with Crippen LogP contribution in [0, 0.1) is 6.07 Å². The number of hydrogen-bond acceptors (Lipinski definition) is 2. The molecule has 0 saturated heterocycles. The Labute approximate surface area is 76.2 Å². The third-order valence-corrected chi connectivity index (χ3v) is 1.90. The van der Waals surface area contributed by atoms with Gasteiger partial charge in [0.1, 0.15) is 11.4 Å². The molecule has 2 heteroatoms. The molecule has 0 aliphatic heterocycles. The Hall–Kier alpha value is -1.57. The molecular formula is C11H9O2. The molecule has 1 aromatic heterocycles. The van der Waals surface area contributed by atoms with Crippen LogP contribution in [0.2, 0.25) is 0 Å². The van der Waals surface area contributed by atoms with Crippen LogP contribution in [0.25, 0.3) is 11.0 Å². The fraction of sp³-hybridized carbons (Fsp3) is 0.182. The van der Waals surface area contributed by atoms with Crippen molar-refractivity contribution < 1.29 is 9.21 Å². The van der Waals surface area contributed by atoms with E-state index in [0.717, 1.165) is 16.5 Å². The maximum atomic E-state index is 10.8.